The first-order valence-corrected chi connectivity index (χ1v) is 6.45. The van der Waals surface area contributed by atoms with Gasteiger partial charge in [0, 0.05) is 6.54 Å². The fourth-order valence-corrected chi connectivity index (χ4v) is 2.00. The molecule has 0 radical (unpaired) electrons. The summed E-state index contributed by atoms with van der Waals surface area (Å²) in [4.78, 5) is 4.10. The third-order valence-electron chi connectivity index (χ3n) is 2.06. The number of nitrogens with one attached hydrogen (secondary N) is 1. The molecule has 1 rings (SSSR count). The van der Waals surface area contributed by atoms with Gasteiger partial charge in [0.15, 0.2) is 0 Å². The summed E-state index contributed by atoms with van der Waals surface area (Å²) >= 11 is 1.87. The summed E-state index contributed by atoms with van der Waals surface area (Å²) in [5.74, 6) is 2.07. The van der Waals surface area contributed by atoms with E-state index in [1.54, 1.807) is 6.07 Å². The minimum Gasteiger partial charge on any atom is -0.506 e. The van der Waals surface area contributed by atoms with Crippen molar-refractivity contribution in [3.05, 3.63) is 24.0 Å². The van der Waals surface area contributed by atoms with Gasteiger partial charge in [-0.05, 0) is 36.6 Å². The van der Waals surface area contributed by atoms with Crippen molar-refractivity contribution in [2.45, 2.75) is 13.5 Å². The Kier molecular flexibility index (Phi) is 5.50. The topological polar surface area (TPSA) is 45.1 Å². The molecule has 84 valence electrons. The molecular formula is C11H18N2OS. The molecule has 0 spiro atoms. The van der Waals surface area contributed by atoms with Crippen LogP contribution in [0.5, 0.6) is 5.75 Å². The van der Waals surface area contributed by atoms with E-state index in [-0.39, 0.29) is 5.75 Å². The summed E-state index contributed by atoms with van der Waals surface area (Å²) in [6, 6.07) is 3.50. The van der Waals surface area contributed by atoms with Crippen LogP contribution in [-0.2, 0) is 6.54 Å². The van der Waals surface area contributed by atoms with E-state index in [0.29, 0.717) is 5.92 Å². The first-order valence-electron chi connectivity index (χ1n) is 5.06. The molecule has 1 aromatic rings. The Bertz CT molecular complexity index is 276. The molecule has 0 aliphatic rings. The first kappa shape index (κ1) is 12.3. The predicted octanol–water partition coefficient (Wildman–Crippen LogP) is 1.88. The second-order valence-corrected chi connectivity index (χ2v) is 4.61. The quantitative estimate of drug-likeness (QED) is 0.777. The van der Waals surface area contributed by atoms with Crippen LogP contribution in [-0.4, -0.2) is 28.6 Å². The maximum Gasteiger partial charge on any atom is 0.133 e. The molecule has 15 heavy (non-hydrogen) atoms. The Morgan fingerprint density at radius 2 is 2.33 bits per heavy atom. The largest absolute Gasteiger partial charge is 0.506 e. The smallest absolute Gasteiger partial charge is 0.133 e. The molecule has 0 saturated heterocycles. The summed E-state index contributed by atoms with van der Waals surface area (Å²) in [7, 11) is 0. The number of rotatable bonds is 6. The predicted molar refractivity (Wildman–Crippen MR) is 65.2 cm³/mol. The Labute approximate surface area is 95.3 Å². The minimum atomic E-state index is 0.217. The lowest BCUT2D eigenvalue weighted by molar-refractivity contribution is 0.471. The molecule has 0 aliphatic heterocycles. The lowest BCUT2D eigenvalue weighted by Crippen LogP contribution is -2.22. The van der Waals surface area contributed by atoms with E-state index in [4.69, 9.17) is 5.11 Å². The second kappa shape index (κ2) is 6.69. The average Bonchev–Trinajstić information content (AvgIpc) is 2.21. The lowest BCUT2D eigenvalue weighted by Gasteiger charge is -2.10. The standard InChI is InChI=1S/C11H18N2OS/c1-9(8-15-2)5-12-6-10-3-4-11(14)7-13-10/h3-4,7,9,12,14H,5-6,8H2,1-2H3. The van der Waals surface area contributed by atoms with Crippen molar-refractivity contribution in [1.29, 1.82) is 0 Å². The van der Waals surface area contributed by atoms with Gasteiger partial charge in [-0.2, -0.15) is 11.8 Å². The van der Waals surface area contributed by atoms with Gasteiger partial charge in [0.2, 0.25) is 0 Å². The molecule has 4 heteroatoms. The van der Waals surface area contributed by atoms with Gasteiger partial charge in [-0.1, -0.05) is 6.92 Å². The van der Waals surface area contributed by atoms with Gasteiger partial charge in [0.1, 0.15) is 5.75 Å². The highest BCUT2D eigenvalue weighted by Crippen LogP contribution is 2.06. The van der Waals surface area contributed by atoms with Crippen LogP contribution in [0.2, 0.25) is 0 Å². The molecule has 0 saturated carbocycles. The molecule has 0 bridgehead atoms. The second-order valence-electron chi connectivity index (χ2n) is 3.70. The number of aromatic nitrogens is 1. The summed E-state index contributed by atoms with van der Waals surface area (Å²) in [6.45, 7) is 4.00. The summed E-state index contributed by atoms with van der Waals surface area (Å²) in [5, 5.41) is 12.4. The fraction of sp³-hybridized carbons (Fsp3) is 0.545. The summed E-state index contributed by atoms with van der Waals surface area (Å²) in [6.07, 6.45) is 3.60. The van der Waals surface area contributed by atoms with Gasteiger partial charge in [-0.3, -0.25) is 4.98 Å². The third kappa shape index (κ3) is 5.04. The van der Waals surface area contributed by atoms with Gasteiger partial charge in [0.05, 0.1) is 11.9 Å². The molecular weight excluding hydrogens is 208 g/mol. The monoisotopic (exact) mass is 226 g/mol. The molecule has 0 amide bonds. The van der Waals surface area contributed by atoms with Crippen LogP contribution in [0.3, 0.4) is 0 Å². The van der Waals surface area contributed by atoms with Crippen molar-refractivity contribution in [2.75, 3.05) is 18.6 Å². The van der Waals surface area contributed by atoms with Crippen molar-refractivity contribution in [3.63, 3.8) is 0 Å². The van der Waals surface area contributed by atoms with Crippen LogP contribution in [0.15, 0.2) is 18.3 Å². The first-order chi connectivity index (χ1) is 7.22. The number of aromatic hydroxyl groups is 1. The maximum atomic E-state index is 9.05. The normalized spacial score (nSPS) is 12.7. The van der Waals surface area contributed by atoms with Crippen LogP contribution in [0.25, 0.3) is 0 Å². The maximum absolute atomic E-state index is 9.05. The molecule has 1 unspecified atom stereocenters. The summed E-state index contributed by atoms with van der Waals surface area (Å²) in [5.41, 5.74) is 0.962. The highest BCUT2D eigenvalue weighted by atomic mass is 32.2. The van der Waals surface area contributed by atoms with E-state index in [0.717, 1.165) is 18.8 Å². The number of pyridine rings is 1. The van der Waals surface area contributed by atoms with E-state index >= 15 is 0 Å². The highest BCUT2D eigenvalue weighted by molar-refractivity contribution is 7.98. The van der Waals surface area contributed by atoms with Crippen molar-refractivity contribution < 1.29 is 5.11 Å². The SMILES string of the molecule is CSCC(C)CNCc1ccc(O)cn1. The zero-order valence-corrected chi connectivity index (χ0v) is 10.0. The molecule has 1 atom stereocenters. The number of nitrogens with zero attached hydrogens (tertiary/aromatic N) is 1. The van der Waals surface area contributed by atoms with Crippen LogP contribution in [0.1, 0.15) is 12.6 Å². The molecule has 0 fully saturated rings. The van der Waals surface area contributed by atoms with Crippen molar-refractivity contribution in [1.82, 2.24) is 10.3 Å². The van der Waals surface area contributed by atoms with Gasteiger partial charge < -0.3 is 10.4 Å². The van der Waals surface area contributed by atoms with Crippen LogP contribution in [0.4, 0.5) is 0 Å². The molecule has 1 aromatic heterocycles. The van der Waals surface area contributed by atoms with Gasteiger partial charge >= 0.3 is 0 Å². The zero-order chi connectivity index (χ0) is 11.1. The highest BCUT2D eigenvalue weighted by Gasteiger charge is 2.00. The average molecular weight is 226 g/mol. The van der Waals surface area contributed by atoms with Crippen molar-refractivity contribution in [2.24, 2.45) is 5.92 Å². The third-order valence-corrected chi connectivity index (χ3v) is 2.96. The number of hydrogen-bond acceptors (Lipinski definition) is 4. The van der Waals surface area contributed by atoms with E-state index in [2.05, 4.69) is 23.5 Å². The molecule has 2 N–H and O–H groups in total. The summed E-state index contributed by atoms with van der Waals surface area (Å²) < 4.78 is 0. The van der Waals surface area contributed by atoms with E-state index in [1.807, 2.05) is 17.8 Å². The van der Waals surface area contributed by atoms with E-state index in [1.165, 1.54) is 11.9 Å². The Balaban J connectivity index is 2.22. The fourth-order valence-electron chi connectivity index (χ4n) is 1.31. The minimum absolute atomic E-state index is 0.217. The molecule has 0 aromatic carbocycles. The Morgan fingerprint density at radius 3 is 2.93 bits per heavy atom. The molecule has 3 nitrogen and oxygen atoms in total. The zero-order valence-electron chi connectivity index (χ0n) is 9.23. The van der Waals surface area contributed by atoms with Crippen molar-refractivity contribution in [3.8, 4) is 5.75 Å². The number of hydrogen-bond donors (Lipinski definition) is 2. The Morgan fingerprint density at radius 1 is 1.53 bits per heavy atom. The molecule has 0 aliphatic carbocycles. The Hall–Kier alpha value is -0.740. The van der Waals surface area contributed by atoms with Gasteiger partial charge in [0.25, 0.3) is 0 Å². The van der Waals surface area contributed by atoms with Gasteiger partial charge in [-0.25, -0.2) is 0 Å². The van der Waals surface area contributed by atoms with Crippen molar-refractivity contribution >= 4 is 11.8 Å². The number of thioether (sulfide) groups is 1. The van der Waals surface area contributed by atoms with E-state index in [9.17, 15) is 0 Å². The molecule has 1 heterocycles. The van der Waals surface area contributed by atoms with Crippen LogP contribution in [0, 0.1) is 5.92 Å². The van der Waals surface area contributed by atoms with Crippen LogP contribution >= 0.6 is 11.8 Å². The van der Waals surface area contributed by atoms with Gasteiger partial charge in [-0.15, -0.1) is 0 Å². The van der Waals surface area contributed by atoms with Crippen LogP contribution < -0.4 is 5.32 Å². The van der Waals surface area contributed by atoms with E-state index < -0.39 is 0 Å². The lowest BCUT2D eigenvalue weighted by atomic mass is 10.2.